The van der Waals surface area contributed by atoms with Crippen LogP contribution in [0.4, 0.5) is 18.9 Å². The SMILES string of the molecule is COc1cc(NC(=O)C(F)(F)F)c(C(=O)O)cc1Cl. The number of halogens is 4. The van der Waals surface area contributed by atoms with Crippen molar-refractivity contribution in [1.82, 2.24) is 0 Å². The van der Waals surface area contributed by atoms with Gasteiger partial charge in [-0.15, -0.1) is 0 Å². The molecule has 0 fully saturated rings. The molecule has 9 heteroatoms. The van der Waals surface area contributed by atoms with Gasteiger partial charge in [-0.3, -0.25) is 4.79 Å². The molecule has 0 heterocycles. The third-order valence-corrected chi connectivity index (χ3v) is 2.32. The number of aromatic carboxylic acids is 1. The Bertz CT molecular complexity index is 530. The zero-order valence-electron chi connectivity index (χ0n) is 9.34. The first kappa shape index (κ1) is 15.1. The molecular weight excluding hydrogens is 291 g/mol. The lowest BCUT2D eigenvalue weighted by Gasteiger charge is -2.12. The number of anilines is 1. The highest BCUT2D eigenvalue weighted by atomic mass is 35.5. The van der Waals surface area contributed by atoms with Gasteiger partial charge in [0.05, 0.1) is 23.4 Å². The number of carbonyl (C=O) groups is 2. The number of amides is 1. The Labute approximate surface area is 109 Å². The summed E-state index contributed by atoms with van der Waals surface area (Å²) in [6.07, 6.45) is -5.14. The van der Waals surface area contributed by atoms with Crippen LogP contribution in [0.15, 0.2) is 12.1 Å². The standard InChI is InChI=1S/C10H7ClF3NO4/c1-19-7-3-6(15-9(18)10(12,13)14)4(8(16)17)2-5(7)11/h2-3H,1H3,(H,15,18)(H,16,17). The van der Waals surface area contributed by atoms with E-state index in [-0.39, 0.29) is 10.8 Å². The van der Waals surface area contributed by atoms with Crippen molar-refractivity contribution in [3.8, 4) is 5.75 Å². The van der Waals surface area contributed by atoms with Crippen molar-refractivity contribution < 1.29 is 32.6 Å². The number of ether oxygens (including phenoxy) is 1. The van der Waals surface area contributed by atoms with Gasteiger partial charge in [0.15, 0.2) is 0 Å². The number of hydrogen-bond donors (Lipinski definition) is 2. The maximum absolute atomic E-state index is 12.1. The largest absolute Gasteiger partial charge is 0.495 e. The van der Waals surface area contributed by atoms with Gasteiger partial charge in [0.2, 0.25) is 0 Å². The van der Waals surface area contributed by atoms with Gasteiger partial charge in [-0.05, 0) is 6.07 Å². The zero-order chi connectivity index (χ0) is 14.8. The number of nitrogens with one attached hydrogen (secondary N) is 1. The smallest absolute Gasteiger partial charge is 0.471 e. The van der Waals surface area contributed by atoms with E-state index in [1.165, 1.54) is 12.4 Å². The molecule has 104 valence electrons. The molecule has 0 aliphatic carbocycles. The quantitative estimate of drug-likeness (QED) is 0.899. The van der Waals surface area contributed by atoms with Gasteiger partial charge < -0.3 is 15.2 Å². The molecule has 0 atom stereocenters. The lowest BCUT2D eigenvalue weighted by Crippen LogP contribution is -2.30. The van der Waals surface area contributed by atoms with Crippen LogP contribution in [0.2, 0.25) is 5.02 Å². The predicted molar refractivity (Wildman–Crippen MR) is 59.6 cm³/mol. The van der Waals surface area contributed by atoms with Crippen LogP contribution >= 0.6 is 11.6 Å². The van der Waals surface area contributed by atoms with Gasteiger partial charge in [-0.1, -0.05) is 11.6 Å². The number of alkyl halides is 3. The third-order valence-electron chi connectivity index (χ3n) is 2.03. The summed E-state index contributed by atoms with van der Waals surface area (Å²) in [5.41, 5.74) is -1.14. The fourth-order valence-electron chi connectivity index (χ4n) is 1.18. The summed E-state index contributed by atoms with van der Waals surface area (Å²) in [4.78, 5) is 21.7. The van der Waals surface area contributed by atoms with Crippen molar-refractivity contribution in [1.29, 1.82) is 0 Å². The molecule has 1 aromatic rings. The molecule has 19 heavy (non-hydrogen) atoms. The van der Waals surface area contributed by atoms with Crippen LogP contribution in [-0.4, -0.2) is 30.3 Å². The predicted octanol–water partition coefficient (Wildman–Crippen LogP) is 2.55. The van der Waals surface area contributed by atoms with Gasteiger partial charge >= 0.3 is 18.1 Å². The van der Waals surface area contributed by atoms with E-state index in [9.17, 15) is 22.8 Å². The van der Waals surface area contributed by atoms with Crippen molar-refractivity contribution in [3.05, 3.63) is 22.7 Å². The summed E-state index contributed by atoms with van der Waals surface area (Å²) in [7, 11) is 1.19. The number of methoxy groups -OCH3 is 1. The maximum atomic E-state index is 12.1. The molecule has 5 nitrogen and oxygen atoms in total. The highest BCUT2D eigenvalue weighted by molar-refractivity contribution is 6.32. The molecule has 0 saturated carbocycles. The van der Waals surface area contributed by atoms with Crippen LogP contribution in [0, 0.1) is 0 Å². The second-order valence-electron chi connectivity index (χ2n) is 3.29. The summed E-state index contributed by atoms with van der Waals surface area (Å²) < 4.78 is 41.1. The Morgan fingerprint density at radius 2 is 1.95 bits per heavy atom. The van der Waals surface area contributed by atoms with Gasteiger partial charge in [0, 0.05) is 6.07 Å². The summed E-state index contributed by atoms with van der Waals surface area (Å²) >= 11 is 5.65. The highest BCUT2D eigenvalue weighted by Gasteiger charge is 2.39. The Kier molecular flexibility index (Phi) is 4.25. The number of hydrogen-bond acceptors (Lipinski definition) is 3. The molecule has 0 aliphatic rings. The fourth-order valence-corrected chi connectivity index (χ4v) is 1.42. The van der Waals surface area contributed by atoms with E-state index in [0.29, 0.717) is 0 Å². The van der Waals surface area contributed by atoms with Crippen LogP contribution in [0.1, 0.15) is 10.4 Å². The molecule has 1 rings (SSSR count). The molecule has 0 unspecified atom stereocenters. The van der Waals surface area contributed by atoms with Crippen LogP contribution in [-0.2, 0) is 4.79 Å². The minimum absolute atomic E-state index is 0.0656. The maximum Gasteiger partial charge on any atom is 0.471 e. The van der Waals surface area contributed by atoms with Crippen LogP contribution < -0.4 is 10.1 Å². The van der Waals surface area contributed by atoms with E-state index in [0.717, 1.165) is 12.1 Å². The number of carboxylic acids is 1. The van der Waals surface area contributed by atoms with Gasteiger partial charge in [-0.25, -0.2) is 4.79 Å². The van der Waals surface area contributed by atoms with Crippen molar-refractivity contribution in [2.45, 2.75) is 6.18 Å². The molecule has 1 aromatic carbocycles. The fraction of sp³-hybridized carbons (Fsp3) is 0.200. The molecule has 1 amide bonds. The number of carbonyl (C=O) groups excluding carboxylic acids is 1. The average Bonchev–Trinajstić information content (AvgIpc) is 2.29. The zero-order valence-corrected chi connectivity index (χ0v) is 10.1. The molecule has 0 bridgehead atoms. The monoisotopic (exact) mass is 297 g/mol. The van der Waals surface area contributed by atoms with E-state index in [1.807, 2.05) is 0 Å². The third kappa shape index (κ3) is 3.50. The van der Waals surface area contributed by atoms with E-state index in [1.54, 1.807) is 0 Å². The number of benzene rings is 1. The van der Waals surface area contributed by atoms with Crippen molar-refractivity contribution in [2.75, 3.05) is 12.4 Å². The Morgan fingerprint density at radius 1 is 1.37 bits per heavy atom. The van der Waals surface area contributed by atoms with Gasteiger partial charge in [-0.2, -0.15) is 13.2 Å². The van der Waals surface area contributed by atoms with Crippen molar-refractivity contribution >= 4 is 29.2 Å². The summed E-state index contributed by atoms with van der Waals surface area (Å²) in [6, 6.07) is 1.78. The first-order chi connectivity index (χ1) is 8.66. The molecular formula is C10H7ClF3NO4. The lowest BCUT2D eigenvalue weighted by molar-refractivity contribution is -0.167. The lowest BCUT2D eigenvalue weighted by atomic mass is 10.1. The second kappa shape index (κ2) is 5.35. The van der Waals surface area contributed by atoms with Crippen molar-refractivity contribution in [2.24, 2.45) is 0 Å². The van der Waals surface area contributed by atoms with Gasteiger partial charge in [0.1, 0.15) is 5.75 Å². The first-order valence-corrected chi connectivity index (χ1v) is 5.03. The van der Waals surface area contributed by atoms with E-state index in [4.69, 9.17) is 21.4 Å². The Hall–Kier alpha value is -1.96. The number of rotatable bonds is 3. The minimum Gasteiger partial charge on any atom is -0.495 e. The average molecular weight is 298 g/mol. The topological polar surface area (TPSA) is 75.6 Å². The van der Waals surface area contributed by atoms with E-state index < -0.39 is 29.3 Å². The molecule has 0 aromatic heterocycles. The van der Waals surface area contributed by atoms with Crippen LogP contribution in [0.5, 0.6) is 5.75 Å². The summed E-state index contributed by atoms with van der Waals surface area (Å²) in [6.45, 7) is 0. The minimum atomic E-state index is -5.14. The highest BCUT2D eigenvalue weighted by Crippen LogP contribution is 2.32. The Morgan fingerprint density at radius 3 is 2.37 bits per heavy atom. The van der Waals surface area contributed by atoms with E-state index >= 15 is 0 Å². The molecule has 0 radical (unpaired) electrons. The molecule has 0 spiro atoms. The molecule has 2 N–H and O–H groups in total. The number of carboxylic acid groups (broad SMARTS) is 1. The Balaban J connectivity index is 3.25. The molecule has 0 saturated heterocycles. The van der Waals surface area contributed by atoms with Gasteiger partial charge in [0.25, 0.3) is 0 Å². The van der Waals surface area contributed by atoms with E-state index in [2.05, 4.69) is 0 Å². The normalized spacial score (nSPS) is 11.0. The van der Waals surface area contributed by atoms with Crippen LogP contribution in [0.25, 0.3) is 0 Å². The summed E-state index contributed by atoms with van der Waals surface area (Å²) in [5, 5.41) is 10.2. The first-order valence-electron chi connectivity index (χ1n) is 4.65. The van der Waals surface area contributed by atoms with Crippen LogP contribution in [0.3, 0.4) is 0 Å². The second-order valence-corrected chi connectivity index (χ2v) is 3.70. The summed E-state index contributed by atoms with van der Waals surface area (Å²) in [5.74, 6) is -3.90. The molecule has 0 aliphatic heterocycles. The van der Waals surface area contributed by atoms with Crippen molar-refractivity contribution in [3.63, 3.8) is 0 Å².